The molecule has 0 radical (unpaired) electrons. The number of ether oxygens (including phenoxy) is 1. The minimum atomic E-state index is -0.799. The molecule has 1 aromatic heterocycles. The lowest BCUT2D eigenvalue weighted by molar-refractivity contribution is -0.180. The molecule has 1 saturated carbocycles. The molecule has 1 aliphatic heterocycles. The molecule has 1 aliphatic carbocycles. The normalized spacial score (nSPS) is 27.9. The van der Waals surface area contributed by atoms with Crippen LogP contribution in [-0.4, -0.2) is 51.9 Å². The fourth-order valence-corrected chi connectivity index (χ4v) is 4.24. The van der Waals surface area contributed by atoms with Crippen LogP contribution < -0.4 is 5.73 Å². The van der Waals surface area contributed by atoms with Crippen molar-refractivity contribution in [2.24, 2.45) is 18.2 Å². The van der Waals surface area contributed by atoms with Crippen molar-refractivity contribution < 1.29 is 9.53 Å². The molecule has 8 heteroatoms. The standard InChI is InChI=1S/C18H30N4O2.2ClH/c1-5-24-15-12-18(19,17(15,2)3)16(23)22-10-7-13(8-11-22)14-6-9-20-21(14)4;;/h6,9,13,15H,5,7-8,10-12,19H2,1-4H3;2*1H. The molecule has 0 spiro atoms. The van der Waals surface area contributed by atoms with E-state index in [0.29, 0.717) is 18.9 Å². The van der Waals surface area contributed by atoms with Gasteiger partial charge in [0.25, 0.3) is 0 Å². The molecule has 0 aromatic carbocycles. The summed E-state index contributed by atoms with van der Waals surface area (Å²) >= 11 is 0. The summed E-state index contributed by atoms with van der Waals surface area (Å²) in [5, 5.41) is 4.25. The van der Waals surface area contributed by atoms with E-state index in [1.807, 2.05) is 29.7 Å². The van der Waals surface area contributed by atoms with Gasteiger partial charge >= 0.3 is 0 Å². The number of hydrogen-bond donors (Lipinski definition) is 1. The lowest BCUT2D eigenvalue weighted by Gasteiger charge is -2.59. The van der Waals surface area contributed by atoms with Gasteiger partial charge in [-0.15, -0.1) is 24.8 Å². The van der Waals surface area contributed by atoms with Gasteiger partial charge in [-0.25, -0.2) is 0 Å². The second-order valence-corrected chi connectivity index (χ2v) is 7.79. The summed E-state index contributed by atoms with van der Waals surface area (Å²) in [5.41, 5.74) is 6.68. The topological polar surface area (TPSA) is 73.4 Å². The number of hydrogen-bond acceptors (Lipinski definition) is 4. The molecule has 1 saturated heterocycles. The largest absolute Gasteiger partial charge is 0.378 e. The molecule has 2 fully saturated rings. The van der Waals surface area contributed by atoms with Gasteiger partial charge in [-0.2, -0.15) is 5.10 Å². The number of nitrogens with two attached hydrogens (primary N) is 1. The van der Waals surface area contributed by atoms with E-state index in [9.17, 15) is 4.79 Å². The van der Waals surface area contributed by atoms with Crippen molar-refractivity contribution >= 4 is 30.7 Å². The number of nitrogens with zero attached hydrogens (tertiary/aromatic N) is 3. The summed E-state index contributed by atoms with van der Waals surface area (Å²) in [6.07, 6.45) is 4.47. The highest BCUT2D eigenvalue weighted by molar-refractivity contribution is 5.89. The van der Waals surface area contributed by atoms with Crippen LogP contribution in [0.2, 0.25) is 0 Å². The Morgan fingerprint density at radius 1 is 1.35 bits per heavy atom. The van der Waals surface area contributed by atoms with Crippen LogP contribution in [-0.2, 0) is 16.6 Å². The molecular weight excluding hydrogens is 375 g/mol. The molecule has 1 aromatic rings. The van der Waals surface area contributed by atoms with Crippen LogP contribution >= 0.6 is 24.8 Å². The van der Waals surface area contributed by atoms with Gasteiger partial charge in [0.15, 0.2) is 0 Å². The lowest BCUT2D eigenvalue weighted by atomic mass is 9.54. The van der Waals surface area contributed by atoms with Gasteiger partial charge in [-0.3, -0.25) is 9.48 Å². The van der Waals surface area contributed by atoms with Gasteiger partial charge in [-0.05, 0) is 25.8 Å². The monoisotopic (exact) mass is 406 g/mol. The molecule has 6 nitrogen and oxygen atoms in total. The van der Waals surface area contributed by atoms with Gasteiger partial charge < -0.3 is 15.4 Å². The van der Waals surface area contributed by atoms with Gasteiger partial charge in [0.05, 0.1) is 6.10 Å². The molecule has 2 N–H and O–H groups in total. The molecule has 2 heterocycles. The van der Waals surface area contributed by atoms with E-state index < -0.39 is 5.54 Å². The smallest absolute Gasteiger partial charge is 0.243 e. The number of piperidine rings is 1. The number of aromatic nitrogens is 2. The Kier molecular flexibility index (Phi) is 7.56. The van der Waals surface area contributed by atoms with E-state index in [1.54, 1.807) is 0 Å². The molecule has 0 bridgehead atoms. The summed E-state index contributed by atoms with van der Waals surface area (Å²) in [5.74, 6) is 0.563. The number of carbonyl (C=O) groups is 1. The zero-order chi connectivity index (χ0) is 17.5. The number of carbonyl (C=O) groups excluding carboxylic acids is 1. The second-order valence-electron chi connectivity index (χ2n) is 7.79. The van der Waals surface area contributed by atoms with E-state index in [1.165, 1.54) is 5.69 Å². The zero-order valence-electron chi connectivity index (χ0n) is 16.1. The highest BCUT2D eigenvalue weighted by Crippen LogP contribution is 2.50. The van der Waals surface area contributed by atoms with Crippen molar-refractivity contribution in [3.63, 3.8) is 0 Å². The van der Waals surface area contributed by atoms with Crippen LogP contribution in [0, 0.1) is 5.41 Å². The van der Waals surface area contributed by atoms with Gasteiger partial charge in [0.2, 0.25) is 5.91 Å². The molecule has 1 amide bonds. The Morgan fingerprint density at radius 2 is 1.96 bits per heavy atom. The highest BCUT2D eigenvalue weighted by atomic mass is 35.5. The van der Waals surface area contributed by atoms with Gasteiger partial charge in [-0.1, -0.05) is 13.8 Å². The van der Waals surface area contributed by atoms with E-state index in [4.69, 9.17) is 10.5 Å². The molecule has 2 unspecified atom stereocenters. The van der Waals surface area contributed by atoms with Crippen molar-refractivity contribution in [2.75, 3.05) is 19.7 Å². The first kappa shape index (κ1) is 23.2. The minimum Gasteiger partial charge on any atom is -0.378 e. The maximum atomic E-state index is 13.1. The Morgan fingerprint density at radius 3 is 2.42 bits per heavy atom. The zero-order valence-corrected chi connectivity index (χ0v) is 17.7. The fourth-order valence-electron chi connectivity index (χ4n) is 4.24. The average molecular weight is 407 g/mol. The van der Waals surface area contributed by atoms with Crippen LogP contribution in [0.1, 0.15) is 51.6 Å². The van der Waals surface area contributed by atoms with Crippen molar-refractivity contribution in [3.8, 4) is 0 Å². The number of halogens is 2. The van der Waals surface area contributed by atoms with Crippen molar-refractivity contribution in [1.82, 2.24) is 14.7 Å². The first-order chi connectivity index (χ1) is 11.3. The minimum absolute atomic E-state index is 0. The predicted molar refractivity (Wildman–Crippen MR) is 107 cm³/mol. The van der Waals surface area contributed by atoms with Crippen molar-refractivity contribution in [3.05, 3.63) is 18.0 Å². The highest BCUT2D eigenvalue weighted by Gasteiger charge is 2.63. The number of likely N-dealkylation sites (tertiary alicyclic amines) is 1. The number of amides is 1. The van der Waals surface area contributed by atoms with Crippen molar-refractivity contribution in [2.45, 2.75) is 57.6 Å². The summed E-state index contributed by atoms with van der Waals surface area (Å²) in [7, 11) is 1.98. The third-order valence-electron chi connectivity index (χ3n) is 6.27. The van der Waals surface area contributed by atoms with Gasteiger partial charge in [0, 0.05) is 56.4 Å². The molecule has 150 valence electrons. The predicted octanol–water partition coefficient (Wildman–Crippen LogP) is 2.50. The molecule has 3 rings (SSSR count). The third-order valence-corrected chi connectivity index (χ3v) is 6.27. The van der Waals surface area contributed by atoms with Crippen molar-refractivity contribution in [1.29, 1.82) is 0 Å². The quantitative estimate of drug-likeness (QED) is 0.833. The van der Waals surface area contributed by atoms with E-state index in [-0.39, 0.29) is 42.2 Å². The SMILES string of the molecule is CCOC1CC(N)(C(=O)N2CCC(c3ccnn3C)CC2)C1(C)C.Cl.Cl. The van der Waals surface area contributed by atoms with Crippen LogP contribution in [0.3, 0.4) is 0 Å². The van der Waals surface area contributed by atoms with E-state index >= 15 is 0 Å². The first-order valence-electron chi connectivity index (χ1n) is 8.99. The number of rotatable bonds is 4. The Labute approximate surface area is 168 Å². The molecule has 2 atom stereocenters. The average Bonchev–Trinajstić information content (AvgIpc) is 3.00. The first-order valence-corrected chi connectivity index (χ1v) is 8.99. The Hall–Kier alpha value is -0.820. The number of aryl methyl sites for hydroxylation is 1. The molecule has 2 aliphatic rings. The fraction of sp³-hybridized carbons (Fsp3) is 0.778. The Bertz CT molecular complexity index is 614. The van der Waals surface area contributed by atoms with Crippen LogP contribution in [0.15, 0.2) is 12.3 Å². The Balaban J connectivity index is 0.00000169. The van der Waals surface area contributed by atoms with Gasteiger partial charge in [0.1, 0.15) is 5.54 Å². The van der Waals surface area contributed by atoms with Crippen LogP contribution in [0.4, 0.5) is 0 Å². The maximum absolute atomic E-state index is 13.1. The van der Waals surface area contributed by atoms with Crippen LogP contribution in [0.5, 0.6) is 0 Å². The molecule has 26 heavy (non-hydrogen) atoms. The maximum Gasteiger partial charge on any atom is 0.243 e. The lowest BCUT2D eigenvalue weighted by Crippen LogP contribution is -2.76. The summed E-state index contributed by atoms with van der Waals surface area (Å²) < 4.78 is 7.68. The summed E-state index contributed by atoms with van der Waals surface area (Å²) in [6, 6.07) is 2.08. The summed E-state index contributed by atoms with van der Waals surface area (Å²) in [6.45, 7) is 8.28. The third kappa shape index (κ3) is 3.61. The van der Waals surface area contributed by atoms with E-state index in [2.05, 4.69) is 25.0 Å². The van der Waals surface area contributed by atoms with Crippen LogP contribution in [0.25, 0.3) is 0 Å². The summed E-state index contributed by atoms with van der Waals surface area (Å²) in [4.78, 5) is 15.0. The molecular formula is C18H32Cl2N4O2. The van der Waals surface area contributed by atoms with E-state index in [0.717, 1.165) is 25.9 Å². The second kappa shape index (κ2) is 8.46.